The van der Waals surface area contributed by atoms with Gasteiger partial charge in [-0.2, -0.15) is 0 Å². The van der Waals surface area contributed by atoms with Crippen molar-refractivity contribution in [2.75, 3.05) is 5.32 Å². The van der Waals surface area contributed by atoms with Crippen LogP contribution < -0.4 is 5.32 Å². The van der Waals surface area contributed by atoms with E-state index in [9.17, 15) is 18.0 Å². The van der Waals surface area contributed by atoms with Gasteiger partial charge in [0.1, 0.15) is 5.82 Å². The quantitative estimate of drug-likeness (QED) is 0.560. The molecule has 2 aliphatic carbocycles. The molecule has 0 radical (unpaired) electrons. The Morgan fingerprint density at radius 3 is 2.48 bits per heavy atom. The lowest BCUT2D eigenvalue weighted by atomic mass is 9.82. The van der Waals surface area contributed by atoms with Gasteiger partial charge in [0.15, 0.2) is 0 Å². The van der Waals surface area contributed by atoms with Crippen LogP contribution in [0.25, 0.3) is 0 Å². The van der Waals surface area contributed by atoms with Gasteiger partial charge in [0, 0.05) is 17.4 Å². The summed E-state index contributed by atoms with van der Waals surface area (Å²) in [7, 11) is 0. The molecular formula is C23H23ClF3NO. The zero-order valence-corrected chi connectivity index (χ0v) is 16.7. The fraction of sp³-hybridized carbons (Fsp3) is 0.435. The number of hydrogen-bond donors (Lipinski definition) is 1. The summed E-state index contributed by atoms with van der Waals surface area (Å²) < 4.78 is 43.4. The Balaban J connectivity index is 1.62. The Bertz CT molecular complexity index is 895. The van der Waals surface area contributed by atoms with Crippen LogP contribution in [-0.4, -0.2) is 11.8 Å². The third-order valence-electron chi connectivity index (χ3n) is 5.99. The number of benzene rings is 2. The van der Waals surface area contributed by atoms with Gasteiger partial charge in [-0.15, -0.1) is 0 Å². The minimum atomic E-state index is -2.94. The van der Waals surface area contributed by atoms with Crippen LogP contribution in [0.15, 0.2) is 42.5 Å². The zero-order chi connectivity index (χ0) is 20.6. The highest BCUT2D eigenvalue weighted by molar-refractivity contribution is 6.30. The van der Waals surface area contributed by atoms with E-state index in [-0.39, 0.29) is 18.5 Å². The second-order valence-electron chi connectivity index (χ2n) is 8.24. The maximum atomic E-state index is 14.5. The van der Waals surface area contributed by atoms with Crippen molar-refractivity contribution in [2.24, 2.45) is 11.8 Å². The molecule has 29 heavy (non-hydrogen) atoms. The van der Waals surface area contributed by atoms with Crippen molar-refractivity contribution in [2.45, 2.75) is 50.4 Å². The highest BCUT2D eigenvalue weighted by atomic mass is 35.5. The maximum absolute atomic E-state index is 14.5. The van der Waals surface area contributed by atoms with E-state index in [0.717, 1.165) is 24.8 Å². The van der Waals surface area contributed by atoms with Gasteiger partial charge in [0.05, 0.1) is 11.6 Å². The van der Waals surface area contributed by atoms with Gasteiger partial charge >= 0.3 is 0 Å². The molecule has 1 N–H and O–H groups in total. The van der Waals surface area contributed by atoms with E-state index in [4.69, 9.17) is 11.6 Å². The number of amides is 1. The van der Waals surface area contributed by atoms with Crippen LogP contribution >= 0.6 is 11.6 Å². The SMILES string of the molecule is O=C(Nc1cc(CC2CC2)ccc1F)[C@@H](c1ccc(Cl)cc1)C1CCCC1(F)F. The predicted molar refractivity (Wildman–Crippen MR) is 108 cm³/mol. The fourth-order valence-corrected chi connectivity index (χ4v) is 4.39. The highest BCUT2D eigenvalue weighted by Crippen LogP contribution is 2.48. The summed E-state index contributed by atoms with van der Waals surface area (Å²) >= 11 is 5.93. The first kappa shape index (κ1) is 20.3. The fourth-order valence-electron chi connectivity index (χ4n) is 4.26. The van der Waals surface area contributed by atoms with Crippen LogP contribution in [0.1, 0.15) is 49.1 Å². The first-order valence-corrected chi connectivity index (χ1v) is 10.4. The number of carbonyl (C=O) groups excluding carboxylic acids is 1. The van der Waals surface area contributed by atoms with Crippen molar-refractivity contribution in [1.29, 1.82) is 0 Å². The average Bonchev–Trinajstić information content (AvgIpc) is 3.42. The monoisotopic (exact) mass is 421 g/mol. The molecule has 1 unspecified atom stereocenters. The normalized spacial score (nSPS) is 21.7. The van der Waals surface area contributed by atoms with Crippen LogP contribution in [0.5, 0.6) is 0 Å². The number of halogens is 4. The molecule has 0 bridgehead atoms. The van der Waals surface area contributed by atoms with E-state index in [1.54, 1.807) is 36.4 Å². The summed E-state index contributed by atoms with van der Waals surface area (Å²) in [5.74, 6) is -5.69. The Kier molecular flexibility index (Phi) is 5.60. The summed E-state index contributed by atoms with van der Waals surface area (Å²) in [5.41, 5.74) is 1.46. The summed E-state index contributed by atoms with van der Waals surface area (Å²) in [6, 6.07) is 11.0. The number of rotatable bonds is 6. The Morgan fingerprint density at radius 1 is 1.14 bits per heavy atom. The molecule has 0 spiro atoms. The molecule has 0 saturated heterocycles. The zero-order valence-electron chi connectivity index (χ0n) is 15.9. The second-order valence-corrected chi connectivity index (χ2v) is 8.68. The number of alkyl halides is 2. The van der Waals surface area contributed by atoms with E-state index in [2.05, 4.69) is 5.32 Å². The minimum absolute atomic E-state index is 0.0495. The van der Waals surface area contributed by atoms with Crippen molar-refractivity contribution in [3.8, 4) is 0 Å². The molecule has 0 aliphatic heterocycles. The summed E-state index contributed by atoms with van der Waals surface area (Å²) in [6.07, 6.45) is 3.53. The number of hydrogen-bond acceptors (Lipinski definition) is 1. The largest absolute Gasteiger partial charge is 0.323 e. The number of nitrogens with one attached hydrogen (secondary N) is 1. The van der Waals surface area contributed by atoms with Crippen LogP contribution in [-0.2, 0) is 11.2 Å². The van der Waals surface area contributed by atoms with Crippen molar-refractivity contribution < 1.29 is 18.0 Å². The molecule has 6 heteroatoms. The van der Waals surface area contributed by atoms with Gasteiger partial charge in [-0.25, -0.2) is 13.2 Å². The smallest absolute Gasteiger partial charge is 0.252 e. The molecule has 2 saturated carbocycles. The van der Waals surface area contributed by atoms with Gasteiger partial charge in [-0.3, -0.25) is 4.79 Å². The number of anilines is 1. The molecule has 2 aromatic rings. The minimum Gasteiger partial charge on any atom is -0.323 e. The Hall–Kier alpha value is -2.01. The summed E-state index contributed by atoms with van der Waals surface area (Å²) in [5, 5.41) is 3.05. The van der Waals surface area contributed by atoms with E-state index >= 15 is 0 Å². The first-order valence-electron chi connectivity index (χ1n) is 10.1. The summed E-state index contributed by atoms with van der Waals surface area (Å²) in [4.78, 5) is 13.1. The highest BCUT2D eigenvalue weighted by Gasteiger charge is 2.50. The van der Waals surface area contributed by atoms with Gasteiger partial charge in [-0.05, 0) is 73.4 Å². The molecule has 0 aromatic heterocycles. The molecule has 2 nitrogen and oxygen atoms in total. The van der Waals surface area contributed by atoms with E-state index in [1.807, 2.05) is 0 Å². The second kappa shape index (κ2) is 8.02. The molecule has 2 aromatic carbocycles. The molecule has 1 amide bonds. The van der Waals surface area contributed by atoms with Crippen LogP contribution in [0.4, 0.5) is 18.9 Å². The van der Waals surface area contributed by atoms with E-state index < -0.39 is 29.5 Å². The molecule has 2 fully saturated rings. The molecular weight excluding hydrogens is 399 g/mol. The lowest BCUT2D eigenvalue weighted by Crippen LogP contribution is -2.35. The van der Waals surface area contributed by atoms with Gasteiger partial charge in [0.2, 0.25) is 5.91 Å². The molecule has 2 aliphatic rings. The first-order chi connectivity index (χ1) is 13.8. The van der Waals surface area contributed by atoms with Crippen LogP contribution in [0, 0.1) is 17.7 Å². The topological polar surface area (TPSA) is 29.1 Å². The Labute approximate surface area is 173 Å². The van der Waals surface area contributed by atoms with E-state index in [0.29, 0.717) is 22.9 Å². The molecule has 154 valence electrons. The van der Waals surface area contributed by atoms with Crippen molar-refractivity contribution >= 4 is 23.2 Å². The molecule has 4 rings (SSSR count). The molecule has 0 heterocycles. The van der Waals surface area contributed by atoms with Gasteiger partial charge in [0.25, 0.3) is 5.92 Å². The van der Waals surface area contributed by atoms with Crippen LogP contribution in [0.3, 0.4) is 0 Å². The predicted octanol–water partition coefficient (Wildman–Crippen LogP) is 6.59. The van der Waals surface area contributed by atoms with Crippen molar-refractivity contribution in [3.63, 3.8) is 0 Å². The maximum Gasteiger partial charge on any atom is 0.252 e. The molecule has 2 atom stereocenters. The third-order valence-corrected chi connectivity index (χ3v) is 6.24. The summed E-state index contributed by atoms with van der Waals surface area (Å²) in [6.45, 7) is 0. The van der Waals surface area contributed by atoms with Gasteiger partial charge in [-0.1, -0.05) is 29.8 Å². The van der Waals surface area contributed by atoms with Crippen molar-refractivity contribution in [1.82, 2.24) is 0 Å². The lowest BCUT2D eigenvalue weighted by molar-refractivity contribution is -0.123. The van der Waals surface area contributed by atoms with Gasteiger partial charge < -0.3 is 5.32 Å². The number of carbonyl (C=O) groups is 1. The van der Waals surface area contributed by atoms with E-state index in [1.165, 1.54) is 6.07 Å². The van der Waals surface area contributed by atoms with Crippen molar-refractivity contribution in [3.05, 3.63) is 64.4 Å². The standard InChI is InChI=1S/C23H23ClF3NO/c24-17-8-6-16(7-9-17)21(18-2-1-11-23(18,26)27)22(29)28-20-13-15(5-10-19(20)25)12-14-3-4-14/h5-10,13-14,18,21H,1-4,11-12H2,(H,28,29)/t18?,21-/m0/s1. The Morgan fingerprint density at radius 2 is 1.86 bits per heavy atom. The van der Waals surface area contributed by atoms with Crippen LogP contribution in [0.2, 0.25) is 5.02 Å². The lowest BCUT2D eigenvalue weighted by Gasteiger charge is -2.28. The average molecular weight is 422 g/mol. The third kappa shape index (κ3) is 4.61.